The first-order valence-corrected chi connectivity index (χ1v) is 7.42. The molecule has 0 saturated heterocycles. The summed E-state index contributed by atoms with van der Waals surface area (Å²) in [7, 11) is 0. The van der Waals surface area contributed by atoms with Crippen molar-refractivity contribution in [1.82, 2.24) is 0 Å². The maximum absolute atomic E-state index is 11.4. The van der Waals surface area contributed by atoms with Gasteiger partial charge in [-0.25, -0.2) is 0 Å². The number of fused-ring (bicyclic) bond motifs is 1. The maximum atomic E-state index is 11.4. The minimum atomic E-state index is -0.274. The van der Waals surface area contributed by atoms with E-state index in [4.69, 9.17) is 10.5 Å². The Bertz CT molecular complexity index is 715. The van der Waals surface area contributed by atoms with Gasteiger partial charge in [0.1, 0.15) is 5.75 Å². The van der Waals surface area contributed by atoms with Crippen molar-refractivity contribution in [2.75, 3.05) is 11.9 Å². The number of benzene rings is 2. The van der Waals surface area contributed by atoms with E-state index in [1.807, 2.05) is 43.3 Å². The summed E-state index contributed by atoms with van der Waals surface area (Å²) in [5.41, 5.74) is 10.1. The van der Waals surface area contributed by atoms with E-state index in [1.54, 1.807) is 0 Å². The zero-order chi connectivity index (χ0) is 15.0. The number of rotatable bonds is 2. The highest BCUT2D eigenvalue weighted by molar-refractivity contribution is 9.10. The van der Waals surface area contributed by atoms with Crippen LogP contribution in [0, 0.1) is 6.92 Å². The minimum Gasteiger partial charge on any atom is -0.482 e. The van der Waals surface area contributed by atoms with Gasteiger partial charge in [-0.3, -0.25) is 4.79 Å². The topological polar surface area (TPSA) is 64.3 Å². The molecule has 5 heteroatoms. The number of hydrogen-bond acceptors (Lipinski definition) is 3. The molecule has 1 aliphatic rings. The number of ether oxygens (including phenoxy) is 1. The summed E-state index contributed by atoms with van der Waals surface area (Å²) in [6, 6.07) is 11.4. The van der Waals surface area contributed by atoms with Gasteiger partial charge in [0.15, 0.2) is 6.61 Å². The second kappa shape index (κ2) is 5.50. The number of hydrogen-bond donors (Lipinski definition) is 2. The fraction of sp³-hybridized carbons (Fsp3) is 0.188. The average Bonchev–Trinajstić information content (AvgIpc) is 2.46. The molecule has 4 nitrogen and oxygen atoms in total. The van der Waals surface area contributed by atoms with Gasteiger partial charge in [-0.1, -0.05) is 34.1 Å². The Balaban J connectivity index is 1.96. The monoisotopic (exact) mass is 346 g/mol. The van der Waals surface area contributed by atoms with Crippen LogP contribution < -0.4 is 15.8 Å². The van der Waals surface area contributed by atoms with Crippen molar-refractivity contribution in [2.24, 2.45) is 5.73 Å². The highest BCUT2D eigenvalue weighted by atomic mass is 79.9. The van der Waals surface area contributed by atoms with Crippen LogP contribution in [-0.4, -0.2) is 12.5 Å². The summed E-state index contributed by atoms with van der Waals surface area (Å²) < 4.78 is 6.33. The normalized spacial score (nSPS) is 14.9. The molecule has 1 amide bonds. The molecule has 0 bridgehead atoms. The van der Waals surface area contributed by atoms with Crippen LogP contribution in [0.1, 0.15) is 22.7 Å². The van der Waals surface area contributed by atoms with Crippen LogP contribution in [-0.2, 0) is 4.79 Å². The van der Waals surface area contributed by atoms with Crippen molar-refractivity contribution >= 4 is 27.5 Å². The second-order valence-corrected chi connectivity index (χ2v) is 5.95. The molecule has 1 atom stereocenters. The molecule has 3 rings (SSSR count). The van der Waals surface area contributed by atoms with Crippen molar-refractivity contribution in [3.05, 3.63) is 57.6 Å². The summed E-state index contributed by atoms with van der Waals surface area (Å²) in [5, 5.41) is 2.80. The van der Waals surface area contributed by atoms with Crippen LogP contribution in [0.2, 0.25) is 0 Å². The van der Waals surface area contributed by atoms with Crippen LogP contribution >= 0.6 is 15.9 Å². The molecule has 108 valence electrons. The van der Waals surface area contributed by atoms with Gasteiger partial charge in [0.05, 0.1) is 11.7 Å². The molecule has 3 N–H and O–H groups in total. The van der Waals surface area contributed by atoms with Crippen LogP contribution in [0.5, 0.6) is 5.75 Å². The van der Waals surface area contributed by atoms with Gasteiger partial charge in [0, 0.05) is 4.47 Å². The zero-order valence-corrected chi connectivity index (χ0v) is 13.1. The molecule has 2 aromatic rings. The molecule has 1 unspecified atom stereocenters. The molecule has 0 fully saturated rings. The highest BCUT2D eigenvalue weighted by Gasteiger charge is 2.19. The predicted octanol–water partition coefficient (Wildman–Crippen LogP) is 3.14. The Morgan fingerprint density at radius 3 is 2.86 bits per heavy atom. The smallest absolute Gasteiger partial charge is 0.262 e. The molecule has 2 aromatic carbocycles. The van der Waals surface area contributed by atoms with E-state index in [9.17, 15) is 4.79 Å². The molecule has 0 spiro atoms. The average molecular weight is 347 g/mol. The second-order valence-electron chi connectivity index (χ2n) is 5.10. The minimum absolute atomic E-state index is 0.0575. The lowest BCUT2D eigenvalue weighted by molar-refractivity contribution is -0.118. The Morgan fingerprint density at radius 2 is 2.10 bits per heavy atom. The van der Waals surface area contributed by atoms with Crippen LogP contribution in [0.3, 0.4) is 0 Å². The number of amides is 1. The van der Waals surface area contributed by atoms with E-state index in [1.165, 1.54) is 5.56 Å². The van der Waals surface area contributed by atoms with Gasteiger partial charge in [0.25, 0.3) is 5.91 Å². The third kappa shape index (κ3) is 2.80. The number of aryl methyl sites for hydroxylation is 1. The van der Waals surface area contributed by atoms with Gasteiger partial charge in [-0.2, -0.15) is 0 Å². The first-order chi connectivity index (χ1) is 10.0. The van der Waals surface area contributed by atoms with Crippen LogP contribution in [0.25, 0.3) is 0 Å². The quantitative estimate of drug-likeness (QED) is 0.877. The number of anilines is 1. The van der Waals surface area contributed by atoms with Gasteiger partial charge in [-0.05, 0) is 41.8 Å². The molecule has 21 heavy (non-hydrogen) atoms. The Kier molecular flexibility index (Phi) is 3.69. The van der Waals surface area contributed by atoms with E-state index in [0.29, 0.717) is 11.4 Å². The highest BCUT2D eigenvalue weighted by Crippen LogP contribution is 2.33. The molecule has 0 aliphatic carbocycles. The number of carbonyl (C=O) groups is 1. The van der Waals surface area contributed by atoms with Crippen LogP contribution in [0.15, 0.2) is 40.9 Å². The fourth-order valence-corrected chi connectivity index (χ4v) is 3.10. The van der Waals surface area contributed by atoms with Crippen molar-refractivity contribution in [3.8, 4) is 5.75 Å². The number of nitrogens with one attached hydrogen (secondary N) is 1. The summed E-state index contributed by atoms with van der Waals surface area (Å²) >= 11 is 3.56. The summed E-state index contributed by atoms with van der Waals surface area (Å²) in [4.78, 5) is 11.4. The summed E-state index contributed by atoms with van der Waals surface area (Å²) in [6.45, 7) is 2.09. The molecular weight excluding hydrogens is 332 g/mol. The molecular formula is C16H15BrN2O2. The van der Waals surface area contributed by atoms with Crippen molar-refractivity contribution in [3.63, 3.8) is 0 Å². The number of halogens is 1. The standard InChI is InChI=1S/C16H15BrN2O2/c1-9-2-4-11(12(17)6-9)16(18)10-3-5-14-13(7-10)19-15(20)8-21-14/h2-7,16H,8,18H2,1H3,(H,19,20). The van der Waals surface area contributed by atoms with E-state index in [2.05, 4.69) is 21.2 Å². The van der Waals surface area contributed by atoms with Gasteiger partial charge in [0.2, 0.25) is 0 Å². The first-order valence-electron chi connectivity index (χ1n) is 6.63. The lowest BCUT2D eigenvalue weighted by atomic mass is 9.98. The lowest BCUT2D eigenvalue weighted by Crippen LogP contribution is -2.25. The third-order valence-corrected chi connectivity index (χ3v) is 4.17. The Hall–Kier alpha value is -1.85. The predicted molar refractivity (Wildman–Crippen MR) is 85.5 cm³/mol. The molecule has 1 heterocycles. The largest absolute Gasteiger partial charge is 0.482 e. The fourth-order valence-electron chi connectivity index (χ4n) is 2.36. The van der Waals surface area contributed by atoms with E-state index < -0.39 is 0 Å². The van der Waals surface area contributed by atoms with Crippen molar-refractivity contribution in [2.45, 2.75) is 13.0 Å². The molecule has 1 aliphatic heterocycles. The van der Waals surface area contributed by atoms with E-state index in [-0.39, 0.29) is 18.6 Å². The first kappa shape index (κ1) is 14.1. The Labute approximate surface area is 131 Å². The number of carbonyl (C=O) groups excluding carboxylic acids is 1. The SMILES string of the molecule is Cc1ccc(C(N)c2ccc3c(c2)NC(=O)CO3)c(Br)c1. The number of nitrogens with two attached hydrogens (primary N) is 1. The van der Waals surface area contributed by atoms with E-state index >= 15 is 0 Å². The van der Waals surface area contributed by atoms with Crippen molar-refractivity contribution < 1.29 is 9.53 Å². The molecule has 0 saturated carbocycles. The van der Waals surface area contributed by atoms with Gasteiger partial charge >= 0.3 is 0 Å². The van der Waals surface area contributed by atoms with Gasteiger partial charge in [-0.15, -0.1) is 0 Å². The molecule has 0 radical (unpaired) electrons. The zero-order valence-electron chi connectivity index (χ0n) is 11.5. The lowest BCUT2D eigenvalue weighted by Gasteiger charge is -2.21. The molecule has 0 aromatic heterocycles. The summed E-state index contributed by atoms with van der Waals surface area (Å²) in [6.07, 6.45) is 0. The summed E-state index contributed by atoms with van der Waals surface area (Å²) in [5.74, 6) is 0.526. The Morgan fingerprint density at radius 1 is 1.29 bits per heavy atom. The van der Waals surface area contributed by atoms with Gasteiger partial charge < -0.3 is 15.8 Å². The maximum Gasteiger partial charge on any atom is 0.262 e. The van der Waals surface area contributed by atoms with Crippen LogP contribution in [0.4, 0.5) is 5.69 Å². The van der Waals surface area contributed by atoms with E-state index in [0.717, 1.165) is 15.6 Å². The van der Waals surface area contributed by atoms with Crippen molar-refractivity contribution in [1.29, 1.82) is 0 Å². The third-order valence-electron chi connectivity index (χ3n) is 3.49.